The summed E-state index contributed by atoms with van der Waals surface area (Å²) in [5, 5.41) is 0. The fourth-order valence-corrected chi connectivity index (χ4v) is 2.40. The highest BCUT2D eigenvalue weighted by atomic mass is 16.5. The lowest BCUT2D eigenvalue weighted by Crippen LogP contribution is -2.37. The topological polar surface area (TPSA) is 47.7 Å². The molecule has 1 aromatic rings. The van der Waals surface area contributed by atoms with E-state index in [1.165, 1.54) is 0 Å². The molecule has 1 aromatic carbocycles. The summed E-state index contributed by atoms with van der Waals surface area (Å²) in [7, 11) is 3.79. The Balaban J connectivity index is 1.99. The molecule has 4 nitrogen and oxygen atoms in total. The highest BCUT2D eigenvalue weighted by molar-refractivity contribution is 5.35. The largest absolute Gasteiger partial charge is 0.496 e. The zero-order chi connectivity index (χ0) is 13.0. The number of rotatable bonds is 5. The first kappa shape index (κ1) is 13.3. The summed E-state index contributed by atoms with van der Waals surface area (Å²) in [5.74, 6) is 0.862. The number of ether oxygens (including phenoxy) is 2. The van der Waals surface area contributed by atoms with Gasteiger partial charge in [-0.1, -0.05) is 18.2 Å². The van der Waals surface area contributed by atoms with Gasteiger partial charge in [-0.2, -0.15) is 0 Å². The third kappa shape index (κ3) is 3.02. The molecule has 4 heteroatoms. The van der Waals surface area contributed by atoms with Crippen molar-refractivity contribution in [2.45, 2.75) is 18.5 Å². The maximum Gasteiger partial charge on any atom is 0.123 e. The maximum atomic E-state index is 6.28. The first-order valence-corrected chi connectivity index (χ1v) is 6.39. The molecule has 2 rings (SSSR count). The molecule has 0 radical (unpaired) electrons. The second-order valence-corrected chi connectivity index (χ2v) is 4.81. The molecule has 18 heavy (non-hydrogen) atoms. The lowest BCUT2D eigenvalue weighted by molar-refractivity contribution is 0.155. The van der Waals surface area contributed by atoms with Crippen molar-refractivity contribution in [1.82, 2.24) is 4.90 Å². The van der Waals surface area contributed by atoms with E-state index in [1.54, 1.807) is 7.11 Å². The van der Waals surface area contributed by atoms with Gasteiger partial charge >= 0.3 is 0 Å². The molecule has 100 valence electrons. The highest BCUT2D eigenvalue weighted by Gasteiger charge is 2.22. The van der Waals surface area contributed by atoms with E-state index in [-0.39, 0.29) is 6.04 Å². The molecule has 0 spiro atoms. The van der Waals surface area contributed by atoms with Crippen molar-refractivity contribution in [2.24, 2.45) is 5.73 Å². The zero-order valence-electron chi connectivity index (χ0n) is 11.1. The standard InChI is InChI=1S/C14H22N2O2/c1-16(11-7-8-18-10-11)9-13(15)12-5-3-4-6-14(12)17-2/h3-6,11,13H,7-10,15H2,1-2H3. The van der Waals surface area contributed by atoms with Gasteiger partial charge in [-0.05, 0) is 19.5 Å². The van der Waals surface area contributed by atoms with Crippen molar-refractivity contribution in [1.29, 1.82) is 0 Å². The van der Waals surface area contributed by atoms with E-state index in [4.69, 9.17) is 15.2 Å². The Morgan fingerprint density at radius 2 is 2.28 bits per heavy atom. The number of methoxy groups -OCH3 is 1. The minimum atomic E-state index is -0.0354. The minimum Gasteiger partial charge on any atom is -0.496 e. The molecule has 1 saturated heterocycles. The molecular weight excluding hydrogens is 228 g/mol. The van der Waals surface area contributed by atoms with Gasteiger partial charge in [0.05, 0.1) is 13.7 Å². The fraction of sp³-hybridized carbons (Fsp3) is 0.571. The Kier molecular flexibility index (Phi) is 4.58. The van der Waals surface area contributed by atoms with E-state index in [1.807, 2.05) is 24.3 Å². The number of nitrogens with zero attached hydrogens (tertiary/aromatic N) is 1. The van der Waals surface area contributed by atoms with Crippen molar-refractivity contribution < 1.29 is 9.47 Å². The van der Waals surface area contributed by atoms with Gasteiger partial charge in [0.25, 0.3) is 0 Å². The van der Waals surface area contributed by atoms with Crippen LogP contribution in [0.3, 0.4) is 0 Å². The van der Waals surface area contributed by atoms with Gasteiger partial charge in [-0.25, -0.2) is 0 Å². The highest BCUT2D eigenvalue weighted by Crippen LogP contribution is 2.24. The summed E-state index contributed by atoms with van der Waals surface area (Å²) in [6.07, 6.45) is 1.09. The van der Waals surface area contributed by atoms with Crippen molar-refractivity contribution in [2.75, 3.05) is 33.9 Å². The van der Waals surface area contributed by atoms with Crippen molar-refractivity contribution in [3.05, 3.63) is 29.8 Å². The molecule has 0 saturated carbocycles. The third-order valence-corrected chi connectivity index (χ3v) is 3.55. The number of likely N-dealkylation sites (N-methyl/N-ethyl adjacent to an activating group) is 1. The predicted octanol–water partition coefficient (Wildman–Crippen LogP) is 1.42. The monoisotopic (exact) mass is 250 g/mol. The first-order chi connectivity index (χ1) is 8.72. The second-order valence-electron chi connectivity index (χ2n) is 4.81. The molecule has 0 bridgehead atoms. The van der Waals surface area contributed by atoms with Crippen LogP contribution in [0.15, 0.2) is 24.3 Å². The molecule has 0 aliphatic carbocycles. The Morgan fingerprint density at radius 3 is 2.94 bits per heavy atom. The summed E-state index contributed by atoms with van der Waals surface area (Å²) in [6.45, 7) is 2.49. The van der Waals surface area contributed by atoms with Crippen LogP contribution in [0.25, 0.3) is 0 Å². The molecule has 1 aliphatic rings. The number of hydrogen-bond acceptors (Lipinski definition) is 4. The van der Waals surface area contributed by atoms with Crippen LogP contribution in [0.5, 0.6) is 5.75 Å². The predicted molar refractivity (Wildman–Crippen MR) is 71.8 cm³/mol. The molecule has 2 atom stereocenters. The summed E-state index contributed by atoms with van der Waals surface area (Å²) < 4.78 is 10.8. The number of para-hydroxylation sites is 1. The fourth-order valence-electron chi connectivity index (χ4n) is 2.40. The van der Waals surface area contributed by atoms with Gasteiger partial charge < -0.3 is 15.2 Å². The SMILES string of the molecule is COc1ccccc1C(N)CN(C)C1CCOC1. The average Bonchev–Trinajstić information content (AvgIpc) is 2.92. The van der Waals surface area contributed by atoms with E-state index >= 15 is 0 Å². The van der Waals surface area contributed by atoms with E-state index in [0.717, 1.165) is 37.5 Å². The van der Waals surface area contributed by atoms with Crippen molar-refractivity contribution in [3.63, 3.8) is 0 Å². The van der Waals surface area contributed by atoms with Gasteiger partial charge in [0.2, 0.25) is 0 Å². The van der Waals surface area contributed by atoms with Crippen LogP contribution in [-0.4, -0.2) is 44.9 Å². The summed E-state index contributed by atoms with van der Waals surface area (Å²) >= 11 is 0. The molecule has 2 unspecified atom stereocenters. The van der Waals surface area contributed by atoms with Crippen molar-refractivity contribution in [3.8, 4) is 5.75 Å². The Labute approximate surface area is 109 Å². The maximum absolute atomic E-state index is 6.28. The van der Waals surface area contributed by atoms with Gasteiger partial charge in [0, 0.05) is 30.8 Å². The van der Waals surface area contributed by atoms with Gasteiger partial charge in [0.1, 0.15) is 5.75 Å². The van der Waals surface area contributed by atoms with E-state index < -0.39 is 0 Å². The smallest absolute Gasteiger partial charge is 0.123 e. The molecular formula is C14H22N2O2. The van der Waals surface area contributed by atoms with Crippen LogP contribution < -0.4 is 10.5 Å². The lowest BCUT2D eigenvalue weighted by Gasteiger charge is -2.26. The second kappa shape index (κ2) is 6.18. The average molecular weight is 250 g/mol. The van der Waals surface area contributed by atoms with Crippen LogP contribution in [0.4, 0.5) is 0 Å². The summed E-state index contributed by atoms with van der Waals surface area (Å²) in [5.41, 5.74) is 7.34. The minimum absolute atomic E-state index is 0.0354. The van der Waals surface area contributed by atoms with Gasteiger partial charge in [0.15, 0.2) is 0 Å². The zero-order valence-corrected chi connectivity index (χ0v) is 11.1. The molecule has 0 amide bonds. The molecule has 1 aliphatic heterocycles. The van der Waals surface area contributed by atoms with Crippen LogP contribution in [0, 0.1) is 0 Å². The van der Waals surface area contributed by atoms with Crippen LogP contribution >= 0.6 is 0 Å². The first-order valence-electron chi connectivity index (χ1n) is 6.39. The third-order valence-electron chi connectivity index (χ3n) is 3.55. The molecule has 0 aromatic heterocycles. The summed E-state index contributed by atoms with van der Waals surface area (Å²) in [4.78, 5) is 2.28. The number of nitrogens with two attached hydrogens (primary N) is 1. The Morgan fingerprint density at radius 1 is 1.50 bits per heavy atom. The Hall–Kier alpha value is -1.10. The molecule has 1 fully saturated rings. The van der Waals surface area contributed by atoms with E-state index in [0.29, 0.717) is 6.04 Å². The van der Waals surface area contributed by atoms with Crippen LogP contribution in [0.2, 0.25) is 0 Å². The van der Waals surface area contributed by atoms with Crippen LogP contribution in [-0.2, 0) is 4.74 Å². The normalized spacial score (nSPS) is 21.2. The lowest BCUT2D eigenvalue weighted by atomic mass is 10.1. The van der Waals surface area contributed by atoms with E-state index in [2.05, 4.69) is 11.9 Å². The Bertz CT molecular complexity index is 378. The number of hydrogen-bond donors (Lipinski definition) is 1. The van der Waals surface area contributed by atoms with Gasteiger partial charge in [-0.3, -0.25) is 4.90 Å². The van der Waals surface area contributed by atoms with Gasteiger partial charge in [-0.15, -0.1) is 0 Å². The van der Waals surface area contributed by atoms with Crippen LogP contribution in [0.1, 0.15) is 18.0 Å². The quantitative estimate of drug-likeness (QED) is 0.858. The summed E-state index contributed by atoms with van der Waals surface area (Å²) in [6, 6.07) is 8.40. The van der Waals surface area contributed by atoms with Crippen molar-refractivity contribution >= 4 is 0 Å². The van der Waals surface area contributed by atoms with E-state index in [9.17, 15) is 0 Å². The molecule has 1 heterocycles. The molecule has 2 N–H and O–H groups in total. The number of benzene rings is 1.